The molecule has 0 aliphatic heterocycles. The summed E-state index contributed by atoms with van der Waals surface area (Å²) in [6.07, 6.45) is 2.47. The molecule has 2 aromatic rings. The molecule has 1 heterocycles. The van der Waals surface area contributed by atoms with Gasteiger partial charge in [0.15, 0.2) is 11.6 Å². The van der Waals surface area contributed by atoms with Crippen molar-refractivity contribution in [3.63, 3.8) is 0 Å². The molecule has 0 aliphatic carbocycles. The van der Waals surface area contributed by atoms with Crippen LogP contribution in [-0.4, -0.2) is 19.1 Å². The monoisotopic (exact) mass is 274 g/mol. The first-order chi connectivity index (χ1) is 9.65. The fourth-order valence-corrected chi connectivity index (χ4v) is 2.31. The molecule has 1 unspecified atom stereocenters. The maximum absolute atomic E-state index is 13.7. The molecular formula is C16H19FN2O. The first-order valence-corrected chi connectivity index (χ1v) is 6.57. The zero-order valence-electron chi connectivity index (χ0n) is 12.0. The summed E-state index contributed by atoms with van der Waals surface area (Å²) in [6, 6.07) is 9.14. The molecule has 0 spiro atoms. The third kappa shape index (κ3) is 3.14. The van der Waals surface area contributed by atoms with Gasteiger partial charge in [0, 0.05) is 17.9 Å². The van der Waals surface area contributed by atoms with E-state index >= 15 is 0 Å². The van der Waals surface area contributed by atoms with Gasteiger partial charge in [0.2, 0.25) is 0 Å². The standard InChI is InChI=1S/C16H19FN2O/c1-11-13(5-4-8-19-11)15(18-2)10-12-6-7-16(20-3)14(17)9-12/h4-9,15,18H,10H2,1-3H3. The van der Waals surface area contributed by atoms with Crippen molar-refractivity contribution in [1.82, 2.24) is 10.3 Å². The summed E-state index contributed by atoms with van der Waals surface area (Å²) in [6.45, 7) is 1.98. The van der Waals surface area contributed by atoms with Gasteiger partial charge in [-0.05, 0) is 49.7 Å². The van der Waals surface area contributed by atoms with Gasteiger partial charge in [-0.2, -0.15) is 0 Å². The van der Waals surface area contributed by atoms with Gasteiger partial charge in [0.25, 0.3) is 0 Å². The van der Waals surface area contributed by atoms with Crippen molar-refractivity contribution in [3.05, 3.63) is 59.2 Å². The van der Waals surface area contributed by atoms with Crippen LogP contribution in [0.1, 0.15) is 22.9 Å². The number of hydrogen-bond donors (Lipinski definition) is 1. The van der Waals surface area contributed by atoms with Crippen molar-refractivity contribution in [2.45, 2.75) is 19.4 Å². The number of hydrogen-bond acceptors (Lipinski definition) is 3. The minimum absolute atomic E-state index is 0.108. The molecule has 20 heavy (non-hydrogen) atoms. The molecule has 4 heteroatoms. The van der Waals surface area contributed by atoms with Crippen LogP contribution in [0.15, 0.2) is 36.5 Å². The molecule has 0 saturated carbocycles. The van der Waals surface area contributed by atoms with E-state index in [2.05, 4.69) is 10.3 Å². The summed E-state index contributed by atoms with van der Waals surface area (Å²) in [7, 11) is 3.37. The molecule has 0 amide bonds. The molecular weight excluding hydrogens is 255 g/mol. The number of aromatic nitrogens is 1. The van der Waals surface area contributed by atoms with Crippen LogP contribution in [0.2, 0.25) is 0 Å². The van der Waals surface area contributed by atoms with E-state index in [0.29, 0.717) is 6.42 Å². The minimum atomic E-state index is -0.331. The fraction of sp³-hybridized carbons (Fsp3) is 0.312. The molecule has 3 nitrogen and oxygen atoms in total. The number of rotatable bonds is 5. The van der Waals surface area contributed by atoms with E-state index in [1.54, 1.807) is 12.3 Å². The van der Waals surface area contributed by atoms with Crippen molar-refractivity contribution >= 4 is 0 Å². The van der Waals surface area contributed by atoms with E-state index in [4.69, 9.17) is 4.74 Å². The van der Waals surface area contributed by atoms with E-state index in [1.165, 1.54) is 13.2 Å². The highest BCUT2D eigenvalue weighted by Crippen LogP contribution is 2.23. The van der Waals surface area contributed by atoms with Gasteiger partial charge in [0.1, 0.15) is 0 Å². The highest BCUT2D eigenvalue weighted by molar-refractivity contribution is 5.31. The average molecular weight is 274 g/mol. The molecule has 0 radical (unpaired) electrons. The Hall–Kier alpha value is -1.94. The van der Waals surface area contributed by atoms with Crippen molar-refractivity contribution < 1.29 is 9.13 Å². The van der Waals surface area contributed by atoms with Crippen LogP contribution < -0.4 is 10.1 Å². The van der Waals surface area contributed by atoms with Crippen molar-refractivity contribution in [1.29, 1.82) is 0 Å². The summed E-state index contributed by atoms with van der Waals surface area (Å²) >= 11 is 0. The topological polar surface area (TPSA) is 34.1 Å². The Balaban J connectivity index is 2.23. The number of nitrogens with one attached hydrogen (secondary N) is 1. The first kappa shape index (κ1) is 14.5. The molecule has 0 bridgehead atoms. The summed E-state index contributed by atoms with van der Waals surface area (Å²) in [5.41, 5.74) is 3.04. The smallest absolute Gasteiger partial charge is 0.165 e. The van der Waals surface area contributed by atoms with E-state index in [1.807, 2.05) is 32.2 Å². The van der Waals surface area contributed by atoms with Gasteiger partial charge < -0.3 is 10.1 Å². The first-order valence-electron chi connectivity index (χ1n) is 6.57. The molecule has 2 rings (SSSR count). The van der Waals surface area contributed by atoms with Crippen LogP contribution in [0.4, 0.5) is 4.39 Å². The van der Waals surface area contributed by atoms with E-state index in [-0.39, 0.29) is 17.6 Å². The zero-order chi connectivity index (χ0) is 14.5. The number of methoxy groups -OCH3 is 1. The zero-order valence-corrected chi connectivity index (χ0v) is 12.0. The van der Waals surface area contributed by atoms with Crippen LogP contribution in [0.25, 0.3) is 0 Å². The second kappa shape index (κ2) is 6.48. The molecule has 106 valence electrons. The van der Waals surface area contributed by atoms with Crippen LogP contribution in [0, 0.1) is 12.7 Å². The lowest BCUT2D eigenvalue weighted by molar-refractivity contribution is 0.386. The maximum atomic E-state index is 13.7. The number of ether oxygens (including phenoxy) is 1. The quantitative estimate of drug-likeness (QED) is 0.910. The number of aryl methyl sites for hydroxylation is 1. The van der Waals surface area contributed by atoms with Gasteiger partial charge >= 0.3 is 0 Å². The van der Waals surface area contributed by atoms with Gasteiger partial charge in [-0.25, -0.2) is 4.39 Å². The Bertz CT molecular complexity index is 586. The van der Waals surface area contributed by atoms with Crippen molar-refractivity contribution in [2.75, 3.05) is 14.2 Å². The molecule has 0 fully saturated rings. The largest absolute Gasteiger partial charge is 0.494 e. The normalized spacial score (nSPS) is 12.2. The SMILES string of the molecule is CNC(Cc1ccc(OC)c(F)c1)c1cccnc1C. The Morgan fingerprint density at radius 2 is 2.15 bits per heavy atom. The maximum Gasteiger partial charge on any atom is 0.165 e. The second-order valence-corrected chi connectivity index (χ2v) is 4.69. The predicted octanol–water partition coefficient (Wildman–Crippen LogP) is 3.04. The van der Waals surface area contributed by atoms with Crippen LogP contribution >= 0.6 is 0 Å². The number of likely N-dealkylation sites (N-methyl/N-ethyl adjacent to an activating group) is 1. The predicted molar refractivity (Wildman–Crippen MR) is 77.4 cm³/mol. The highest BCUT2D eigenvalue weighted by atomic mass is 19.1. The van der Waals surface area contributed by atoms with Gasteiger partial charge in [-0.3, -0.25) is 4.98 Å². The fourth-order valence-electron chi connectivity index (χ4n) is 2.31. The molecule has 1 aromatic heterocycles. The number of benzene rings is 1. The molecule has 1 N–H and O–H groups in total. The second-order valence-electron chi connectivity index (χ2n) is 4.69. The number of pyridine rings is 1. The average Bonchev–Trinajstić information content (AvgIpc) is 2.46. The number of nitrogens with zero attached hydrogens (tertiary/aromatic N) is 1. The van der Waals surface area contributed by atoms with Crippen LogP contribution in [0.5, 0.6) is 5.75 Å². The van der Waals surface area contributed by atoms with E-state index in [0.717, 1.165) is 16.8 Å². The third-order valence-corrected chi connectivity index (χ3v) is 3.43. The molecule has 0 saturated heterocycles. The van der Waals surface area contributed by atoms with E-state index < -0.39 is 0 Å². The van der Waals surface area contributed by atoms with Gasteiger partial charge in [0.05, 0.1) is 7.11 Å². The summed E-state index contributed by atoms with van der Waals surface area (Å²) < 4.78 is 18.7. The third-order valence-electron chi connectivity index (χ3n) is 3.43. The molecule has 1 aromatic carbocycles. The van der Waals surface area contributed by atoms with Crippen molar-refractivity contribution in [3.8, 4) is 5.75 Å². The summed E-state index contributed by atoms with van der Waals surface area (Å²) in [5, 5.41) is 3.26. The number of halogens is 1. The van der Waals surface area contributed by atoms with E-state index in [9.17, 15) is 4.39 Å². The molecule has 1 atom stereocenters. The lowest BCUT2D eigenvalue weighted by Crippen LogP contribution is -2.20. The van der Waals surface area contributed by atoms with Gasteiger partial charge in [-0.1, -0.05) is 12.1 Å². The highest BCUT2D eigenvalue weighted by Gasteiger charge is 2.14. The Labute approximate surface area is 118 Å². The van der Waals surface area contributed by atoms with Gasteiger partial charge in [-0.15, -0.1) is 0 Å². The minimum Gasteiger partial charge on any atom is -0.494 e. The summed E-state index contributed by atoms with van der Waals surface area (Å²) in [4.78, 5) is 4.30. The Kier molecular flexibility index (Phi) is 4.69. The Morgan fingerprint density at radius 1 is 1.35 bits per heavy atom. The van der Waals surface area contributed by atoms with Crippen molar-refractivity contribution in [2.24, 2.45) is 0 Å². The summed E-state index contributed by atoms with van der Waals surface area (Å²) in [5.74, 6) is -0.0601. The van der Waals surface area contributed by atoms with Crippen LogP contribution in [-0.2, 0) is 6.42 Å². The lowest BCUT2D eigenvalue weighted by Gasteiger charge is -2.18. The van der Waals surface area contributed by atoms with Crippen LogP contribution in [0.3, 0.4) is 0 Å². The lowest BCUT2D eigenvalue weighted by atomic mass is 9.98. The Morgan fingerprint density at radius 3 is 2.75 bits per heavy atom. The molecule has 0 aliphatic rings.